The minimum Gasteiger partial charge on any atom is -0.396 e. The van der Waals surface area contributed by atoms with E-state index >= 15 is 0 Å². The molecule has 3 N–H and O–H groups in total. The minimum absolute atomic E-state index is 0.620. The van der Waals surface area contributed by atoms with Crippen molar-refractivity contribution in [1.29, 1.82) is 0 Å². The molecule has 106 valence electrons. The number of hydrogen-bond donors (Lipinski definition) is 2. The van der Waals surface area contributed by atoms with E-state index in [-0.39, 0.29) is 0 Å². The molecule has 0 aromatic heterocycles. The number of nitrogen functional groups attached to an aromatic ring is 1. The molecule has 0 bridgehead atoms. The molecule has 0 saturated carbocycles. The van der Waals surface area contributed by atoms with Gasteiger partial charge in [0.15, 0.2) is 0 Å². The largest absolute Gasteiger partial charge is 0.396 e. The van der Waals surface area contributed by atoms with Crippen LogP contribution in [0.3, 0.4) is 0 Å². The lowest BCUT2D eigenvalue weighted by molar-refractivity contribution is 0.160. The monoisotopic (exact) mass is 281 g/mol. The Bertz CT molecular complexity index is 408. The third-order valence-corrected chi connectivity index (χ3v) is 4.26. The zero-order valence-electron chi connectivity index (χ0n) is 11.7. The predicted octanol–water partition coefficient (Wildman–Crippen LogP) is 3.60. The first kappa shape index (κ1) is 14.5. The molecule has 1 aliphatic heterocycles. The number of benzene rings is 1. The molecule has 1 heterocycles. The number of halogens is 1. The van der Waals surface area contributed by atoms with Crippen molar-refractivity contribution < 1.29 is 0 Å². The predicted molar refractivity (Wildman–Crippen MR) is 83.9 cm³/mol. The third-order valence-electron chi connectivity index (χ3n) is 3.93. The molecule has 1 aliphatic rings. The second-order valence-electron chi connectivity index (χ2n) is 5.36. The first-order chi connectivity index (χ1) is 9.18. The van der Waals surface area contributed by atoms with Crippen LogP contribution in [-0.4, -0.2) is 30.6 Å². The molecular weight excluding hydrogens is 258 g/mol. The normalized spacial score (nSPS) is 20.4. The van der Waals surface area contributed by atoms with Crippen LogP contribution < -0.4 is 11.1 Å². The lowest BCUT2D eigenvalue weighted by atomic mass is 10.0. The minimum atomic E-state index is 0.620. The first-order valence-corrected chi connectivity index (χ1v) is 7.58. The number of nitrogens with two attached hydrogens (primary N) is 1. The maximum Gasteiger partial charge on any atom is 0.0739 e. The number of nitrogens with zero attached hydrogens (tertiary/aromatic N) is 1. The Labute approximate surface area is 121 Å². The number of para-hydroxylation sites is 1. The van der Waals surface area contributed by atoms with Gasteiger partial charge in [0.1, 0.15) is 0 Å². The summed E-state index contributed by atoms with van der Waals surface area (Å²) in [6, 6.07) is 6.46. The van der Waals surface area contributed by atoms with Crippen LogP contribution in [0.4, 0.5) is 11.4 Å². The topological polar surface area (TPSA) is 41.3 Å². The van der Waals surface area contributed by atoms with E-state index in [1.54, 1.807) is 0 Å². The lowest BCUT2D eigenvalue weighted by Gasteiger charge is -2.33. The SMILES string of the molecule is CC1CCCCN1CCCNc1cccc(Cl)c1N. The Kier molecular flexibility index (Phi) is 5.34. The molecular formula is C15H24ClN3. The molecule has 3 nitrogen and oxygen atoms in total. The molecule has 1 fully saturated rings. The highest BCUT2D eigenvalue weighted by Gasteiger charge is 2.17. The van der Waals surface area contributed by atoms with E-state index < -0.39 is 0 Å². The van der Waals surface area contributed by atoms with Crippen molar-refractivity contribution in [2.75, 3.05) is 30.7 Å². The summed E-state index contributed by atoms with van der Waals surface area (Å²) in [7, 11) is 0. The van der Waals surface area contributed by atoms with Gasteiger partial charge in [0.25, 0.3) is 0 Å². The van der Waals surface area contributed by atoms with Crippen LogP contribution in [0.25, 0.3) is 0 Å². The summed E-state index contributed by atoms with van der Waals surface area (Å²) in [5, 5.41) is 3.99. The van der Waals surface area contributed by atoms with Crippen LogP contribution in [0.15, 0.2) is 18.2 Å². The van der Waals surface area contributed by atoms with Crippen LogP contribution in [-0.2, 0) is 0 Å². The molecule has 0 spiro atoms. The van der Waals surface area contributed by atoms with Crippen molar-refractivity contribution in [1.82, 2.24) is 4.90 Å². The van der Waals surface area contributed by atoms with E-state index in [4.69, 9.17) is 17.3 Å². The Morgan fingerprint density at radius 1 is 1.42 bits per heavy atom. The van der Waals surface area contributed by atoms with Crippen LogP contribution in [0.5, 0.6) is 0 Å². The third kappa shape index (κ3) is 4.02. The van der Waals surface area contributed by atoms with E-state index in [1.807, 2.05) is 18.2 Å². The number of piperidine rings is 1. The average molecular weight is 282 g/mol. The number of rotatable bonds is 5. The van der Waals surface area contributed by atoms with Crippen molar-refractivity contribution >= 4 is 23.0 Å². The van der Waals surface area contributed by atoms with Crippen molar-refractivity contribution in [2.45, 2.75) is 38.6 Å². The summed E-state index contributed by atoms with van der Waals surface area (Å²) in [6.45, 7) is 5.68. The standard InChI is InChI=1S/C15H24ClN3/c1-12-6-2-3-10-19(12)11-5-9-18-14-8-4-7-13(16)15(14)17/h4,7-8,12,18H,2-3,5-6,9-11,17H2,1H3. The number of nitrogens with one attached hydrogen (secondary N) is 1. The van der Waals surface area contributed by atoms with Gasteiger partial charge in [-0.3, -0.25) is 0 Å². The van der Waals surface area contributed by atoms with Crippen LogP contribution in [0, 0.1) is 0 Å². The van der Waals surface area contributed by atoms with E-state index in [0.717, 1.165) is 31.2 Å². The van der Waals surface area contributed by atoms with Gasteiger partial charge in [-0.15, -0.1) is 0 Å². The summed E-state index contributed by atoms with van der Waals surface area (Å²) in [5.74, 6) is 0. The summed E-state index contributed by atoms with van der Waals surface area (Å²) in [6.07, 6.45) is 5.21. The van der Waals surface area contributed by atoms with Gasteiger partial charge in [0.2, 0.25) is 0 Å². The smallest absolute Gasteiger partial charge is 0.0739 e. The number of anilines is 2. The molecule has 1 aromatic rings. The van der Waals surface area contributed by atoms with Crippen molar-refractivity contribution in [3.05, 3.63) is 23.2 Å². The highest BCUT2D eigenvalue weighted by atomic mass is 35.5. The quantitative estimate of drug-likeness (QED) is 0.640. The van der Waals surface area contributed by atoms with E-state index in [0.29, 0.717) is 10.7 Å². The number of hydrogen-bond acceptors (Lipinski definition) is 3. The Morgan fingerprint density at radius 3 is 3.05 bits per heavy atom. The van der Waals surface area contributed by atoms with E-state index in [9.17, 15) is 0 Å². The van der Waals surface area contributed by atoms with Gasteiger partial charge in [-0.05, 0) is 44.9 Å². The summed E-state index contributed by atoms with van der Waals surface area (Å²) in [4.78, 5) is 2.59. The fraction of sp³-hybridized carbons (Fsp3) is 0.600. The average Bonchev–Trinajstić information content (AvgIpc) is 2.41. The molecule has 1 aromatic carbocycles. The molecule has 0 radical (unpaired) electrons. The van der Waals surface area contributed by atoms with Gasteiger partial charge < -0.3 is 16.0 Å². The van der Waals surface area contributed by atoms with Gasteiger partial charge in [-0.1, -0.05) is 24.1 Å². The Morgan fingerprint density at radius 2 is 2.26 bits per heavy atom. The van der Waals surface area contributed by atoms with E-state index in [1.165, 1.54) is 25.8 Å². The summed E-state index contributed by atoms with van der Waals surface area (Å²) < 4.78 is 0. The van der Waals surface area contributed by atoms with Crippen molar-refractivity contribution in [3.8, 4) is 0 Å². The second kappa shape index (κ2) is 7.01. The highest BCUT2D eigenvalue weighted by molar-refractivity contribution is 6.33. The summed E-state index contributed by atoms with van der Waals surface area (Å²) in [5.41, 5.74) is 7.52. The molecule has 19 heavy (non-hydrogen) atoms. The van der Waals surface area contributed by atoms with E-state index in [2.05, 4.69) is 17.1 Å². The maximum atomic E-state index is 5.99. The fourth-order valence-corrected chi connectivity index (χ4v) is 2.86. The van der Waals surface area contributed by atoms with Crippen molar-refractivity contribution in [3.63, 3.8) is 0 Å². The highest BCUT2D eigenvalue weighted by Crippen LogP contribution is 2.26. The zero-order valence-corrected chi connectivity index (χ0v) is 12.4. The molecule has 1 atom stereocenters. The first-order valence-electron chi connectivity index (χ1n) is 7.20. The second-order valence-corrected chi connectivity index (χ2v) is 5.77. The molecule has 2 rings (SSSR count). The van der Waals surface area contributed by atoms with Gasteiger partial charge >= 0.3 is 0 Å². The zero-order chi connectivity index (χ0) is 13.7. The molecule has 0 aliphatic carbocycles. The van der Waals surface area contributed by atoms with Crippen molar-refractivity contribution in [2.24, 2.45) is 0 Å². The van der Waals surface area contributed by atoms with Crippen LogP contribution in [0.1, 0.15) is 32.6 Å². The molecule has 1 saturated heterocycles. The van der Waals surface area contributed by atoms with Gasteiger partial charge in [-0.2, -0.15) is 0 Å². The summed E-state index contributed by atoms with van der Waals surface area (Å²) >= 11 is 5.99. The van der Waals surface area contributed by atoms with Crippen LogP contribution in [0.2, 0.25) is 5.02 Å². The molecule has 0 amide bonds. The van der Waals surface area contributed by atoms with Gasteiger partial charge in [0, 0.05) is 19.1 Å². The molecule has 4 heteroatoms. The van der Waals surface area contributed by atoms with Crippen LogP contribution >= 0.6 is 11.6 Å². The Hall–Kier alpha value is -0.930. The Balaban J connectivity index is 1.73. The van der Waals surface area contributed by atoms with Gasteiger partial charge in [-0.25, -0.2) is 0 Å². The number of likely N-dealkylation sites (tertiary alicyclic amines) is 1. The van der Waals surface area contributed by atoms with Gasteiger partial charge in [0.05, 0.1) is 16.4 Å². The maximum absolute atomic E-state index is 5.99. The molecule has 1 unspecified atom stereocenters. The fourth-order valence-electron chi connectivity index (χ4n) is 2.69. The lowest BCUT2D eigenvalue weighted by Crippen LogP contribution is -2.38.